The molecule has 4 nitrogen and oxygen atoms in total. The molecule has 6 heteroatoms. The zero-order valence-electron chi connectivity index (χ0n) is 11.2. The first kappa shape index (κ1) is 13.5. The molecule has 0 unspecified atom stereocenters. The van der Waals surface area contributed by atoms with Crippen LogP contribution >= 0.6 is 23.2 Å². The van der Waals surface area contributed by atoms with Gasteiger partial charge in [0.1, 0.15) is 18.1 Å². The summed E-state index contributed by atoms with van der Waals surface area (Å²) < 4.78 is 7.63. The van der Waals surface area contributed by atoms with Crippen LogP contribution in [0.3, 0.4) is 0 Å². The third kappa shape index (κ3) is 2.30. The van der Waals surface area contributed by atoms with Crippen molar-refractivity contribution in [2.45, 2.75) is 26.3 Å². The Morgan fingerprint density at radius 1 is 1.25 bits per heavy atom. The zero-order chi connectivity index (χ0) is 14.3. The van der Waals surface area contributed by atoms with Crippen LogP contribution in [0.4, 0.5) is 0 Å². The molecule has 0 amide bonds. The minimum Gasteiger partial charge on any atom is -0.444 e. The molecule has 0 fully saturated rings. The van der Waals surface area contributed by atoms with Crippen LogP contribution in [-0.4, -0.2) is 14.5 Å². The van der Waals surface area contributed by atoms with E-state index in [9.17, 15) is 0 Å². The van der Waals surface area contributed by atoms with Gasteiger partial charge in [0.15, 0.2) is 0 Å². The lowest BCUT2D eigenvalue weighted by Gasteiger charge is -2.04. The Morgan fingerprint density at radius 3 is 2.70 bits per heavy atom. The van der Waals surface area contributed by atoms with Gasteiger partial charge in [-0.3, -0.25) is 0 Å². The lowest BCUT2D eigenvalue weighted by Crippen LogP contribution is -2.04. The Balaban J connectivity index is 2.09. The summed E-state index contributed by atoms with van der Waals surface area (Å²) >= 11 is 12.0. The highest BCUT2D eigenvalue weighted by molar-refractivity contribution is 6.31. The molecule has 0 radical (unpaired) electrons. The number of oxazole rings is 1. The summed E-state index contributed by atoms with van der Waals surface area (Å²) in [6.07, 6.45) is 0. The highest BCUT2D eigenvalue weighted by Gasteiger charge is 2.14. The van der Waals surface area contributed by atoms with Gasteiger partial charge >= 0.3 is 0 Å². The summed E-state index contributed by atoms with van der Waals surface area (Å²) in [7, 11) is 0. The molecule has 0 aliphatic carbocycles. The Hall–Kier alpha value is -1.52. The molecule has 0 aliphatic rings. The second-order valence-corrected chi connectivity index (χ2v) is 5.33. The van der Waals surface area contributed by atoms with E-state index in [1.165, 1.54) is 0 Å². The quantitative estimate of drug-likeness (QED) is 0.685. The standard InChI is InChI=1S/C14H13Cl2N3O/c1-8-9(2)20-14(17-8)7-19-12-4-3-10(16)5-11(12)18-13(19)6-15/h3-5H,6-7H2,1-2H3. The SMILES string of the molecule is Cc1nc(Cn2c(CCl)nc3cc(Cl)ccc32)oc1C. The second-order valence-electron chi connectivity index (χ2n) is 4.63. The lowest BCUT2D eigenvalue weighted by molar-refractivity contribution is 0.457. The van der Waals surface area contributed by atoms with Crippen molar-refractivity contribution >= 4 is 34.2 Å². The van der Waals surface area contributed by atoms with Gasteiger partial charge in [-0.25, -0.2) is 9.97 Å². The molecule has 3 rings (SSSR count). The summed E-state index contributed by atoms with van der Waals surface area (Å²) in [5, 5.41) is 0.658. The van der Waals surface area contributed by atoms with Crippen LogP contribution in [0.1, 0.15) is 23.2 Å². The van der Waals surface area contributed by atoms with Gasteiger partial charge in [-0.1, -0.05) is 11.6 Å². The van der Waals surface area contributed by atoms with Crippen molar-refractivity contribution in [2.75, 3.05) is 0 Å². The Kier molecular flexibility index (Phi) is 3.44. The molecule has 0 N–H and O–H groups in total. The first-order valence-corrected chi connectivity index (χ1v) is 7.13. The van der Waals surface area contributed by atoms with Gasteiger partial charge in [0, 0.05) is 5.02 Å². The average molecular weight is 310 g/mol. The lowest BCUT2D eigenvalue weighted by atomic mass is 10.3. The number of hydrogen-bond acceptors (Lipinski definition) is 3. The monoisotopic (exact) mass is 309 g/mol. The summed E-state index contributed by atoms with van der Waals surface area (Å²) in [6, 6.07) is 5.60. The molecule has 104 valence electrons. The van der Waals surface area contributed by atoms with Gasteiger partial charge in [0.2, 0.25) is 5.89 Å². The molecule has 1 aromatic carbocycles. The fourth-order valence-electron chi connectivity index (χ4n) is 2.17. The third-order valence-electron chi connectivity index (χ3n) is 3.28. The molecule has 0 atom stereocenters. The minimum atomic E-state index is 0.324. The van der Waals surface area contributed by atoms with Crippen LogP contribution in [0, 0.1) is 13.8 Å². The van der Waals surface area contributed by atoms with Gasteiger partial charge in [-0.15, -0.1) is 11.6 Å². The van der Waals surface area contributed by atoms with E-state index in [2.05, 4.69) is 9.97 Å². The van der Waals surface area contributed by atoms with Gasteiger partial charge in [-0.2, -0.15) is 0 Å². The van der Waals surface area contributed by atoms with Crippen LogP contribution in [0.15, 0.2) is 22.6 Å². The van der Waals surface area contributed by atoms with Gasteiger partial charge in [0.25, 0.3) is 0 Å². The number of hydrogen-bond donors (Lipinski definition) is 0. The smallest absolute Gasteiger partial charge is 0.214 e. The first-order valence-electron chi connectivity index (χ1n) is 6.22. The van der Waals surface area contributed by atoms with Crippen LogP contribution in [0.2, 0.25) is 5.02 Å². The number of alkyl halides is 1. The summed E-state index contributed by atoms with van der Waals surface area (Å²) in [5.41, 5.74) is 2.70. The summed E-state index contributed by atoms with van der Waals surface area (Å²) in [6.45, 7) is 4.34. The number of nitrogens with zero attached hydrogens (tertiary/aromatic N) is 3. The number of rotatable bonds is 3. The third-order valence-corrected chi connectivity index (χ3v) is 3.75. The zero-order valence-corrected chi connectivity index (χ0v) is 12.7. The molecule has 2 aromatic heterocycles. The van der Waals surface area contributed by atoms with E-state index in [1.807, 2.05) is 36.6 Å². The van der Waals surface area contributed by atoms with E-state index in [0.717, 1.165) is 28.3 Å². The normalized spacial score (nSPS) is 11.4. The molecule has 0 saturated heterocycles. The molecular formula is C14H13Cl2N3O. The van der Waals surface area contributed by atoms with Crippen LogP contribution < -0.4 is 0 Å². The molecular weight excluding hydrogens is 297 g/mol. The Labute approximate surface area is 126 Å². The van der Waals surface area contributed by atoms with Crippen LogP contribution in [0.5, 0.6) is 0 Å². The molecule has 0 saturated carbocycles. The molecule has 0 bridgehead atoms. The Morgan fingerprint density at radius 2 is 2.05 bits per heavy atom. The Bertz CT molecular complexity index is 757. The van der Waals surface area contributed by atoms with Crippen molar-refractivity contribution < 1.29 is 4.42 Å². The number of benzene rings is 1. The number of aromatic nitrogens is 3. The van der Waals surface area contributed by atoms with Gasteiger partial charge in [-0.05, 0) is 32.0 Å². The molecule has 3 aromatic rings. The largest absolute Gasteiger partial charge is 0.444 e. The number of imidazole rings is 1. The predicted molar refractivity (Wildman–Crippen MR) is 79.4 cm³/mol. The average Bonchev–Trinajstić information content (AvgIpc) is 2.91. The van der Waals surface area contributed by atoms with Crippen LogP contribution in [0.25, 0.3) is 11.0 Å². The fraction of sp³-hybridized carbons (Fsp3) is 0.286. The molecule has 0 aliphatic heterocycles. The van der Waals surface area contributed by atoms with Crippen molar-refractivity contribution in [3.8, 4) is 0 Å². The summed E-state index contributed by atoms with van der Waals surface area (Å²) in [5.74, 6) is 2.59. The highest BCUT2D eigenvalue weighted by atomic mass is 35.5. The highest BCUT2D eigenvalue weighted by Crippen LogP contribution is 2.23. The van der Waals surface area contributed by atoms with Crippen molar-refractivity contribution in [2.24, 2.45) is 0 Å². The van der Waals surface area contributed by atoms with Gasteiger partial charge < -0.3 is 8.98 Å². The van der Waals surface area contributed by atoms with Crippen molar-refractivity contribution in [1.82, 2.24) is 14.5 Å². The van der Waals surface area contributed by atoms with Crippen molar-refractivity contribution in [3.63, 3.8) is 0 Å². The fourth-order valence-corrected chi connectivity index (χ4v) is 2.54. The predicted octanol–water partition coefficient (Wildman–Crippen LogP) is 4.08. The van der Waals surface area contributed by atoms with E-state index in [-0.39, 0.29) is 0 Å². The number of halogens is 2. The maximum Gasteiger partial charge on any atom is 0.214 e. The van der Waals surface area contributed by atoms with E-state index < -0.39 is 0 Å². The molecule has 2 heterocycles. The number of aryl methyl sites for hydroxylation is 2. The number of fused-ring (bicyclic) bond motifs is 1. The molecule has 0 spiro atoms. The second kappa shape index (κ2) is 5.11. The maximum absolute atomic E-state index is 5.99. The van der Waals surface area contributed by atoms with Crippen LogP contribution in [-0.2, 0) is 12.4 Å². The minimum absolute atomic E-state index is 0.324. The van der Waals surface area contributed by atoms with Crippen molar-refractivity contribution in [1.29, 1.82) is 0 Å². The molecule has 20 heavy (non-hydrogen) atoms. The van der Waals surface area contributed by atoms with E-state index >= 15 is 0 Å². The topological polar surface area (TPSA) is 43.9 Å². The first-order chi connectivity index (χ1) is 9.58. The maximum atomic E-state index is 5.99. The van der Waals surface area contributed by atoms with Crippen molar-refractivity contribution in [3.05, 3.63) is 46.4 Å². The van der Waals surface area contributed by atoms with Gasteiger partial charge in [0.05, 0.1) is 22.6 Å². The van der Waals surface area contributed by atoms with E-state index in [0.29, 0.717) is 23.3 Å². The van der Waals surface area contributed by atoms with E-state index in [4.69, 9.17) is 27.6 Å². The summed E-state index contributed by atoms with van der Waals surface area (Å²) in [4.78, 5) is 8.89. The van der Waals surface area contributed by atoms with E-state index in [1.54, 1.807) is 0 Å².